The minimum absolute atomic E-state index is 0.0224. The Hall–Kier alpha value is -3.38. The predicted molar refractivity (Wildman–Crippen MR) is 129 cm³/mol. The van der Waals surface area contributed by atoms with E-state index in [-0.39, 0.29) is 11.8 Å². The van der Waals surface area contributed by atoms with Gasteiger partial charge in [-0.25, -0.2) is 0 Å². The summed E-state index contributed by atoms with van der Waals surface area (Å²) in [5, 5.41) is 6.26. The van der Waals surface area contributed by atoms with E-state index in [0.717, 1.165) is 35.0 Å². The summed E-state index contributed by atoms with van der Waals surface area (Å²) in [7, 11) is 0. The Balaban J connectivity index is 1.26. The average molecular weight is 444 g/mol. The molecular formula is C26H25N3O2S. The van der Waals surface area contributed by atoms with Crippen LogP contribution in [0.2, 0.25) is 0 Å². The fourth-order valence-electron chi connectivity index (χ4n) is 4.39. The highest BCUT2D eigenvalue weighted by Crippen LogP contribution is 2.27. The molecule has 0 atom stereocenters. The van der Waals surface area contributed by atoms with Crippen LogP contribution in [0.4, 0.5) is 5.69 Å². The van der Waals surface area contributed by atoms with Crippen molar-refractivity contribution < 1.29 is 9.59 Å². The molecule has 0 fully saturated rings. The fraction of sp³-hybridized carbons (Fsp3) is 0.231. The number of carbonyl (C=O) groups excluding carboxylic acids is 2. The van der Waals surface area contributed by atoms with Crippen molar-refractivity contribution in [1.29, 1.82) is 0 Å². The number of rotatable bonds is 5. The molecule has 5 rings (SSSR count). The first-order valence-corrected chi connectivity index (χ1v) is 11.8. The maximum atomic E-state index is 13.2. The molecule has 1 aliphatic rings. The van der Waals surface area contributed by atoms with Gasteiger partial charge >= 0.3 is 0 Å². The molecule has 2 aromatic carbocycles. The van der Waals surface area contributed by atoms with Gasteiger partial charge in [-0.3, -0.25) is 9.59 Å². The Morgan fingerprint density at radius 3 is 2.91 bits per heavy atom. The van der Waals surface area contributed by atoms with E-state index in [4.69, 9.17) is 0 Å². The number of nitrogens with zero attached hydrogens (tertiary/aromatic N) is 1. The number of thiophene rings is 1. The van der Waals surface area contributed by atoms with Crippen LogP contribution in [0.1, 0.15) is 38.3 Å². The summed E-state index contributed by atoms with van der Waals surface area (Å²) in [5.41, 5.74) is 5.63. The maximum absolute atomic E-state index is 13.2. The number of benzene rings is 2. The molecule has 0 aliphatic carbocycles. The van der Waals surface area contributed by atoms with Crippen molar-refractivity contribution in [3.8, 4) is 0 Å². The van der Waals surface area contributed by atoms with Gasteiger partial charge < -0.3 is 15.2 Å². The molecule has 5 nitrogen and oxygen atoms in total. The molecule has 1 aliphatic heterocycles. The Labute approximate surface area is 191 Å². The molecule has 2 amide bonds. The summed E-state index contributed by atoms with van der Waals surface area (Å²) in [6, 6.07) is 15.8. The lowest BCUT2D eigenvalue weighted by Crippen LogP contribution is -2.35. The SMILES string of the molecule is Cc1c(NC(=O)CCc2c[nH]c3ccccc23)cccc1C(=O)N1CCc2sccc2C1. The molecular weight excluding hydrogens is 418 g/mol. The lowest BCUT2D eigenvalue weighted by molar-refractivity contribution is -0.116. The van der Waals surface area contributed by atoms with Crippen LogP contribution in [-0.4, -0.2) is 28.2 Å². The van der Waals surface area contributed by atoms with Gasteiger partial charge in [-0.15, -0.1) is 11.3 Å². The highest BCUT2D eigenvalue weighted by Gasteiger charge is 2.24. The van der Waals surface area contributed by atoms with E-state index in [1.807, 2.05) is 54.4 Å². The monoisotopic (exact) mass is 443 g/mol. The van der Waals surface area contributed by atoms with Gasteiger partial charge in [0.05, 0.1) is 0 Å². The number of anilines is 1. The van der Waals surface area contributed by atoms with Crippen molar-refractivity contribution in [3.63, 3.8) is 0 Å². The lowest BCUT2D eigenvalue weighted by atomic mass is 10.0. The van der Waals surface area contributed by atoms with E-state index >= 15 is 0 Å². The average Bonchev–Trinajstić information content (AvgIpc) is 3.45. The first-order chi connectivity index (χ1) is 15.6. The topological polar surface area (TPSA) is 65.2 Å². The van der Waals surface area contributed by atoms with Crippen LogP contribution in [0.25, 0.3) is 10.9 Å². The molecule has 162 valence electrons. The molecule has 2 aromatic heterocycles. The van der Waals surface area contributed by atoms with E-state index in [9.17, 15) is 9.59 Å². The van der Waals surface area contributed by atoms with Crippen LogP contribution in [0, 0.1) is 6.92 Å². The number of para-hydroxylation sites is 1. The Bertz CT molecular complexity index is 1300. The van der Waals surface area contributed by atoms with Gasteiger partial charge in [0, 0.05) is 52.7 Å². The van der Waals surface area contributed by atoms with Crippen molar-refractivity contribution in [3.05, 3.63) is 87.2 Å². The molecule has 32 heavy (non-hydrogen) atoms. The van der Waals surface area contributed by atoms with Crippen molar-refractivity contribution >= 4 is 39.7 Å². The van der Waals surface area contributed by atoms with Crippen molar-refractivity contribution in [2.24, 2.45) is 0 Å². The molecule has 6 heteroatoms. The fourth-order valence-corrected chi connectivity index (χ4v) is 5.28. The van der Waals surface area contributed by atoms with Crippen LogP contribution < -0.4 is 5.32 Å². The summed E-state index contributed by atoms with van der Waals surface area (Å²) >= 11 is 1.76. The van der Waals surface area contributed by atoms with Crippen LogP contribution >= 0.6 is 11.3 Å². The molecule has 0 spiro atoms. The van der Waals surface area contributed by atoms with E-state index < -0.39 is 0 Å². The lowest BCUT2D eigenvalue weighted by Gasteiger charge is -2.28. The smallest absolute Gasteiger partial charge is 0.254 e. The quantitative estimate of drug-likeness (QED) is 0.439. The van der Waals surface area contributed by atoms with Crippen LogP contribution in [0.15, 0.2) is 60.1 Å². The van der Waals surface area contributed by atoms with E-state index in [1.165, 1.54) is 10.4 Å². The normalized spacial score (nSPS) is 13.2. The first kappa shape index (κ1) is 20.5. The number of aromatic amines is 1. The number of H-pyrrole nitrogens is 1. The van der Waals surface area contributed by atoms with Crippen molar-refractivity contribution in [1.82, 2.24) is 9.88 Å². The predicted octanol–water partition coefficient (Wildman–Crippen LogP) is 5.31. The third kappa shape index (κ3) is 3.94. The zero-order valence-electron chi connectivity index (χ0n) is 18.0. The molecule has 4 aromatic rings. The van der Waals surface area contributed by atoms with Crippen LogP contribution in [0.3, 0.4) is 0 Å². The molecule has 0 saturated heterocycles. The zero-order chi connectivity index (χ0) is 22.1. The van der Waals surface area contributed by atoms with Gasteiger partial charge in [0.1, 0.15) is 0 Å². The van der Waals surface area contributed by atoms with Crippen LogP contribution in [0.5, 0.6) is 0 Å². The maximum Gasteiger partial charge on any atom is 0.254 e. The molecule has 2 N–H and O–H groups in total. The second kappa shape index (κ2) is 8.63. The first-order valence-electron chi connectivity index (χ1n) is 10.9. The summed E-state index contributed by atoms with van der Waals surface area (Å²) < 4.78 is 0. The van der Waals surface area contributed by atoms with E-state index in [2.05, 4.69) is 27.8 Å². The van der Waals surface area contributed by atoms with Gasteiger partial charge in [0.2, 0.25) is 5.91 Å². The van der Waals surface area contributed by atoms with Gasteiger partial charge in [-0.1, -0.05) is 24.3 Å². The van der Waals surface area contributed by atoms with E-state index in [1.54, 1.807) is 11.3 Å². The number of aryl methyl sites for hydroxylation is 1. The standard InChI is InChI=1S/C26H25N3O2S/c1-17-20(26(31)29-13-11-24-19(16-29)12-14-32-24)6-4-8-22(17)28-25(30)10-9-18-15-27-23-7-3-2-5-21(18)23/h2-8,12,14-15,27H,9-11,13,16H2,1H3,(H,28,30). The summed E-state index contributed by atoms with van der Waals surface area (Å²) in [5.74, 6) is -0.0295. The number of aromatic nitrogens is 1. The third-order valence-corrected chi connectivity index (χ3v) is 7.25. The Kier molecular flexibility index (Phi) is 5.53. The minimum atomic E-state index is -0.0520. The van der Waals surface area contributed by atoms with Gasteiger partial charge in [-0.05, 0) is 66.1 Å². The number of carbonyl (C=O) groups is 2. The Morgan fingerprint density at radius 2 is 2.00 bits per heavy atom. The third-order valence-electron chi connectivity index (χ3n) is 6.23. The number of hydrogen-bond donors (Lipinski definition) is 2. The zero-order valence-corrected chi connectivity index (χ0v) is 18.8. The second-order valence-electron chi connectivity index (χ2n) is 8.23. The van der Waals surface area contributed by atoms with Crippen molar-refractivity contribution in [2.75, 3.05) is 11.9 Å². The largest absolute Gasteiger partial charge is 0.361 e. The number of nitrogens with one attached hydrogen (secondary N) is 2. The minimum Gasteiger partial charge on any atom is -0.361 e. The highest BCUT2D eigenvalue weighted by molar-refractivity contribution is 7.10. The molecule has 0 saturated carbocycles. The van der Waals surface area contributed by atoms with Gasteiger partial charge in [0.15, 0.2) is 0 Å². The number of hydrogen-bond acceptors (Lipinski definition) is 3. The molecule has 3 heterocycles. The van der Waals surface area contributed by atoms with Gasteiger partial charge in [0.25, 0.3) is 5.91 Å². The van der Waals surface area contributed by atoms with Crippen LogP contribution in [-0.2, 0) is 24.2 Å². The second-order valence-corrected chi connectivity index (χ2v) is 9.23. The summed E-state index contributed by atoms with van der Waals surface area (Å²) in [6.45, 7) is 3.29. The number of fused-ring (bicyclic) bond motifs is 2. The molecule has 0 bridgehead atoms. The molecule has 0 unspecified atom stereocenters. The Morgan fingerprint density at radius 1 is 1.12 bits per heavy atom. The van der Waals surface area contributed by atoms with Crippen molar-refractivity contribution in [2.45, 2.75) is 32.7 Å². The number of amides is 2. The summed E-state index contributed by atoms with van der Waals surface area (Å²) in [4.78, 5) is 32.4. The summed E-state index contributed by atoms with van der Waals surface area (Å²) in [6.07, 6.45) is 3.92. The highest BCUT2D eigenvalue weighted by atomic mass is 32.1. The van der Waals surface area contributed by atoms with E-state index in [0.29, 0.717) is 30.6 Å². The molecule has 0 radical (unpaired) electrons. The van der Waals surface area contributed by atoms with Gasteiger partial charge in [-0.2, -0.15) is 0 Å².